The Balaban J connectivity index is 1.78. The van der Waals surface area contributed by atoms with Crippen LogP contribution in [-0.4, -0.2) is 44.6 Å². The van der Waals surface area contributed by atoms with Crippen molar-refractivity contribution in [3.05, 3.63) is 28.3 Å². The Morgan fingerprint density at radius 2 is 2.38 bits per heavy atom. The minimum Gasteiger partial charge on any atom is -0.388 e. The molecule has 2 N–H and O–H groups in total. The maximum atomic E-state index is 12.5. The number of hydrogen-bond acceptors (Lipinski definition) is 4. The molecule has 0 aromatic carbocycles. The summed E-state index contributed by atoms with van der Waals surface area (Å²) in [6.07, 6.45) is 3.38. The van der Waals surface area contributed by atoms with Crippen LogP contribution in [0.25, 0.3) is 11.3 Å². The van der Waals surface area contributed by atoms with Gasteiger partial charge in [0.05, 0.1) is 16.3 Å². The van der Waals surface area contributed by atoms with E-state index in [2.05, 4.69) is 9.97 Å². The molecule has 5 nitrogen and oxygen atoms in total. The number of rotatable bonds is 2. The van der Waals surface area contributed by atoms with Crippen molar-refractivity contribution in [2.45, 2.75) is 32.3 Å². The molecular formula is C15H19N3O2S. The number of nitrogens with one attached hydrogen (secondary N) is 1. The van der Waals surface area contributed by atoms with E-state index in [4.69, 9.17) is 0 Å². The van der Waals surface area contributed by atoms with Gasteiger partial charge in [-0.15, -0.1) is 11.3 Å². The van der Waals surface area contributed by atoms with Crippen molar-refractivity contribution < 1.29 is 9.90 Å². The van der Waals surface area contributed by atoms with Crippen LogP contribution in [-0.2, 0) is 0 Å². The topological polar surface area (TPSA) is 69.2 Å². The van der Waals surface area contributed by atoms with E-state index in [0.717, 1.165) is 29.1 Å². The molecule has 1 aliphatic heterocycles. The van der Waals surface area contributed by atoms with E-state index in [-0.39, 0.29) is 5.91 Å². The van der Waals surface area contributed by atoms with Crippen molar-refractivity contribution in [1.29, 1.82) is 0 Å². The standard InChI is InChI=1S/C15H19N3O2S/c1-10-17-13(8-21-10)11-6-12(16-7-11)14(19)18-5-3-4-15(2,20)9-18/h6-8,16,20H,3-5,9H2,1-2H3. The molecule has 3 heterocycles. The lowest BCUT2D eigenvalue weighted by molar-refractivity contribution is -0.0109. The summed E-state index contributed by atoms with van der Waals surface area (Å²) in [5.74, 6) is -0.0619. The second kappa shape index (κ2) is 5.27. The van der Waals surface area contributed by atoms with Crippen molar-refractivity contribution in [2.75, 3.05) is 13.1 Å². The lowest BCUT2D eigenvalue weighted by atomic mass is 9.95. The van der Waals surface area contributed by atoms with Crippen LogP contribution in [0.4, 0.5) is 0 Å². The third kappa shape index (κ3) is 3.01. The number of carbonyl (C=O) groups excluding carboxylic acids is 1. The zero-order chi connectivity index (χ0) is 15.0. The van der Waals surface area contributed by atoms with Crippen molar-refractivity contribution in [3.8, 4) is 11.3 Å². The predicted octanol–water partition coefficient (Wildman–Crippen LogP) is 2.43. The van der Waals surface area contributed by atoms with Gasteiger partial charge in [0.15, 0.2) is 0 Å². The minimum absolute atomic E-state index is 0.0619. The van der Waals surface area contributed by atoms with Crippen LogP contribution in [0.2, 0.25) is 0 Å². The first-order chi connectivity index (χ1) is 9.94. The number of likely N-dealkylation sites (tertiary alicyclic amines) is 1. The molecular weight excluding hydrogens is 286 g/mol. The maximum absolute atomic E-state index is 12.5. The summed E-state index contributed by atoms with van der Waals surface area (Å²) >= 11 is 1.59. The Bertz CT molecular complexity index is 659. The first-order valence-electron chi connectivity index (χ1n) is 7.07. The van der Waals surface area contributed by atoms with Gasteiger partial charge in [-0.2, -0.15) is 0 Å². The number of aryl methyl sites for hydroxylation is 1. The number of amides is 1. The van der Waals surface area contributed by atoms with Gasteiger partial charge in [0.1, 0.15) is 5.69 Å². The largest absolute Gasteiger partial charge is 0.388 e. The number of β-amino-alcohol motifs (C(OH)–C–C–N with tert-alkyl or cyclic N) is 1. The third-order valence-electron chi connectivity index (χ3n) is 3.79. The number of aliphatic hydroxyl groups is 1. The van der Waals surface area contributed by atoms with Gasteiger partial charge in [-0.1, -0.05) is 0 Å². The predicted molar refractivity (Wildman–Crippen MR) is 82.4 cm³/mol. The lowest BCUT2D eigenvalue weighted by Crippen LogP contribution is -2.48. The van der Waals surface area contributed by atoms with Gasteiger partial charge in [-0.05, 0) is 32.8 Å². The fraction of sp³-hybridized carbons (Fsp3) is 0.467. The average molecular weight is 305 g/mol. The normalized spacial score (nSPS) is 22.5. The third-order valence-corrected chi connectivity index (χ3v) is 4.56. The molecule has 0 spiro atoms. The van der Waals surface area contributed by atoms with E-state index in [1.54, 1.807) is 23.2 Å². The molecule has 0 bridgehead atoms. The molecule has 2 aromatic rings. The van der Waals surface area contributed by atoms with Gasteiger partial charge in [0, 0.05) is 30.2 Å². The van der Waals surface area contributed by atoms with Crippen LogP contribution < -0.4 is 0 Å². The second-order valence-electron chi connectivity index (χ2n) is 5.88. The highest BCUT2D eigenvalue weighted by atomic mass is 32.1. The van der Waals surface area contributed by atoms with E-state index >= 15 is 0 Å². The molecule has 3 rings (SSSR count). The van der Waals surface area contributed by atoms with Gasteiger partial charge >= 0.3 is 0 Å². The van der Waals surface area contributed by atoms with Crippen LogP contribution in [0.15, 0.2) is 17.6 Å². The summed E-state index contributed by atoms with van der Waals surface area (Å²) in [6.45, 7) is 4.82. The Morgan fingerprint density at radius 1 is 1.57 bits per heavy atom. The molecule has 0 saturated carbocycles. The lowest BCUT2D eigenvalue weighted by Gasteiger charge is -2.36. The Morgan fingerprint density at radius 3 is 3.05 bits per heavy atom. The smallest absolute Gasteiger partial charge is 0.270 e. The Kier molecular flexibility index (Phi) is 3.59. The highest BCUT2D eigenvalue weighted by Gasteiger charge is 2.31. The van der Waals surface area contributed by atoms with Gasteiger partial charge in [0.2, 0.25) is 0 Å². The summed E-state index contributed by atoms with van der Waals surface area (Å²) in [7, 11) is 0. The zero-order valence-electron chi connectivity index (χ0n) is 12.2. The van der Waals surface area contributed by atoms with Crippen LogP contribution in [0.1, 0.15) is 35.3 Å². The Labute approximate surface area is 127 Å². The van der Waals surface area contributed by atoms with E-state index in [1.165, 1.54) is 0 Å². The van der Waals surface area contributed by atoms with Crippen LogP contribution in [0.3, 0.4) is 0 Å². The number of carbonyl (C=O) groups is 1. The quantitative estimate of drug-likeness (QED) is 0.895. The average Bonchev–Trinajstić information content (AvgIpc) is 3.05. The van der Waals surface area contributed by atoms with Gasteiger partial charge in [0.25, 0.3) is 5.91 Å². The van der Waals surface area contributed by atoms with Gasteiger partial charge in [-0.25, -0.2) is 4.98 Å². The van der Waals surface area contributed by atoms with E-state index in [1.807, 2.05) is 24.6 Å². The Hall–Kier alpha value is -1.66. The zero-order valence-corrected chi connectivity index (χ0v) is 13.0. The molecule has 1 fully saturated rings. The van der Waals surface area contributed by atoms with Gasteiger partial charge in [-0.3, -0.25) is 4.79 Å². The molecule has 1 amide bonds. The molecule has 112 valence electrons. The van der Waals surface area contributed by atoms with E-state index in [9.17, 15) is 9.90 Å². The van der Waals surface area contributed by atoms with E-state index < -0.39 is 5.60 Å². The minimum atomic E-state index is -0.782. The van der Waals surface area contributed by atoms with Crippen LogP contribution in [0.5, 0.6) is 0 Å². The second-order valence-corrected chi connectivity index (χ2v) is 6.94. The number of nitrogens with zero attached hydrogens (tertiary/aromatic N) is 2. The van der Waals surface area contributed by atoms with E-state index in [0.29, 0.717) is 18.8 Å². The van der Waals surface area contributed by atoms with Gasteiger partial charge < -0.3 is 15.0 Å². The van der Waals surface area contributed by atoms with Crippen LogP contribution >= 0.6 is 11.3 Å². The monoisotopic (exact) mass is 305 g/mol. The molecule has 1 unspecified atom stereocenters. The van der Waals surface area contributed by atoms with Crippen molar-refractivity contribution >= 4 is 17.2 Å². The number of aromatic amines is 1. The molecule has 0 radical (unpaired) electrons. The fourth-order valence-corrected chi connectivity index (χ4v) is 3.35. The maximum Gasteiger partial charge on any atom is 0.270 e. The molecule has 6 heteroatoms. The number of hydrogen-bond donors (Lipinski definition) is 2. The number of thiazole rings is 1. The molecule has 1 saturated heterocycles. The molecule has 2 aromatic heterocycles. The molecule has 1 aliphatic rings. The SMILES string of the molecule is Cc1nc(-c2c[nH]c(C(=O)N3CCCC(C)(O)C3)c2)cs1. The summed E-state index contributed by atoms with van der Waals surface area (Å²) < 4.78 is 0. The molecule has 0 aliphatic carbocycles. The number of aromatic nitrogens is 2. The van der Waals surface area contributed by atoms with Crippen molar-refractivity contribution in [1.82, 2.24) is 14.9 Å². The summed E-state index contributed by atoms with van der Waals surface area (Å²) in [5.41, 5.74) is 1.58. The highest BCUT2D eigenvalue weighted by molar-refractivity contribution is 7.09. The van der Waals surface area contributed by atoms with Crippen LogP contribution in [0, 0.1) is 6.92 Å². The summed E-state index contributed by atoms with van der Waals surface area (Å²) in [6, 6.07) is 1.83. The fourth-order valence-electron chi connectivity index (χ4n) is 2.73. The number of piperidine rings is 1. The highest BCUT2D eigenvalue weighted by Crippen LogP contribution is 2.25. The summed E-state index contributed by atoms with van der Waals surface area (Å²) in [5, 5.41) is 13.1. The molecule has 21 heavy (non-hydrogen) atoms. The molecule has 1 atom stereocenters. The van der Waals surface area contributed by atoms with Crippen molar-refractivity contribution in [2.24, 2.45) is 0 Å². The first-order valence-corrected chi connectivity index (χ1v) is 7.95. The van der Waals surface area contributed by atoms with Crippen molar-refractivity contribution in [3.63, 3.8) is 0 Å². The number of H-pyrrole nitrogens is 1. The summed E-state index contributed by atoms with van der Waals surface area (Å²) in [4.78, 5) is 21.7. The first kappa shape index (κ1) is 14.3.